The van der Waals surface area contributed by atoms with E-state index < -0.39 is 16.1 Å². The van der Waals surface area contributed by atoms with Gasteiger partial charge in [-0.05, 0) is 76.9 Å². The summed E-state index contributed by atoms with van der Waals surface area (Å²) in [6.07, 6.45) is 4.26. The van der Waals surface area contributed by atoms with E-state index in [0.29, 0.717) is 23.0 Å². The van der Waals surface area contributed by atoms with Gasteiger partial charge in [0.2, 0.25) is 15.9 Å². The second-order valence-electron chi connectivity index (χ2n) is 11.6. The summed E-state index contributed by atoms with van der Waals surface area (Å²) in [7, 11) is -1.99. The van der Waals surface area contributed by atoms with E-state index in [4.69, 9.17) is 11.6 Å². The highest BCUT2D eigenvalue weighted by Gasteiger charge is 2.39. The lowest BCUT2D eigenvalue weighted by molar-refractivity contribution is -0.119. The van der Waals surface area contributed by atoms with Crippen molar-refractivity contribution in [3.63, 3.8) is 0 Å². The molecule has 4 aromatic rings. The zero-order chi connectivity index (χ0) is 30.2. The molecule has 1 heterocycles. The van der Waals surface area contributed by atoms with Crippen LogP contribution in [0.2, 0.25) is 5.02 Å². The van der Waals surface area contributed by atoms with Crippen LogP contribution >= 0.6 is 11.6 Å². The van der Waals surface area contributed by atoms with Crippen LogP contribution in [0.25, 0.3) is 0 Å². The van der Waals surface area contributed by atoms with Gasteiger partial charge in [0.1, 0.15) is 11.6 Å². The van der Waals surface area contributed by atoms with Crippen LogP contribution in [-0.2, 0) is 33.8 Å². The molecule has 1 aliphatic rings. The lowest BCUT2D eigenvalue weighted by atomic mass is 9.86. The third-order valence-corrected chi connectivity index (χ3v) is 9.72. The molecule has 0 bridgehead atoms. The SMILES string of the molecule is C[C@@H](CC(=O)N(Cc1nccn1C)c1ccc2c(c1)[C@@H](NS(=O)(=O)c1cccc(Cl)c1)CC2(C)C)c1ccc(F)cc1. The van der Waals surface area contributed by atoms with Crippen LogP contribution in [0.1, 0.15) is 68.1 Å². The van der Waals surface area contributed by atoms with Crippen molar-refractivity contribution in [2.24, 2.45) is 7.05 Å². The summed E-state index contributed by atoms with van der Waals surface area (Å²) in [5.74, 6) is 0.114. The number of nitrogens with zero attached hydrogens (tertiary/aromatic N) is 3. The Morgan fingerprint density at radius 2 is 1.90 bits per heavy atom. The molecule has 0 radical (unpaired) electrons. The van der Waals surface area contributed by atoms with Crippen molar-refractivity contribution < 1.29 is 17.6 Å². The van der Waals surface area contributed by atoms with Crippen molar-refractivity contribution >= 4 is 33.2 Å². The zero-order valence-corrected chi connectivity index (χ0v) is 25.6. The molecule has 220 valence electrons. The molecular formula is C32H34ClFN4O3S. The van der Waals surface area contributed by atoms with Crippen molar-refractivity contribution in [1.29, 1.82) is 0 Å². The molecule has 0 saturated heterocycles. The predicted molar refractivity (Wildman–Crippen MR) is 162 cm³/mol. The third-order valence-electron chi connectivity index (χ3n) is 8.01. The molecule has 1 N–H and O–H groups in total. The largest absolute Gasteiger partial charge is 0.337 e. The molecule has 1 aliphatic carbocycles. The van der Waals surface area contributed by atoms with E-state index in [9.17, 15) is 17.6 Å². The molecule has 42 heavy (non-hydrogen) atoms. The predicted octanol–water partition coefficient (Wildman–Crippen LogP) is 6.64. The number of aromatic nitrogens is 2. The number of anilines is 1. The Balaban J connectivity index is 1.49. The lowest BCUT2D eigenvalue weighted by Crippen LogP contribution is -2.32. The minimum atomic E-state index is -3.86. The van der Waals surface area contributed by atoms with Crippen LogP contribution in [0.15, 0.2) is 84.0 Å². The number of rotatable bonds is 9. The number of sulfonamides is 1. The molecule has 7 nitrogen and oxygen atoms in total. The van der Waals surface area contributed by atoms with Gasteiger partial charge in [0, 0.05) is 42.6 Å². The number of amides is 1. The highest BCUT2D eigenvalue weighted by atomic mass is 35.5. The summed E-state index contributed by atoms with van der Waals surface area (Å²) in [5.41, 5.74) is 3.08. The van der Waals surface area contributed by atoms with E-state index in [1.54, 1.807) is 35.4 Å². The molecule has 0 fully saturated rings. The number of benzene rings is 3. The summed E-state index contributed by atoms with van der Waals surface area (Å²) in [6.45, 7) is 6.34. The van der Waals surface area contributed by atoms with Crippen LogP contribution < -0.4 is 9.62 Å². The first-order valence-corrected chi connectivity index (χ1v) is 15.6. The average Bonchev–Trinajstić information content (AvgIpc) is 3.45. The first-order valence-electron chi connectivity index (χ1n) is 13.8. The Kier molecular flexibility index (Phi) is 8.29. The van der Waals surface area contributed by atoms with Crippen molar-refractivity contribution in [2.45, 2.75) is 62.4 Å². The highest BCUT2D eigenvalue weighted by Crippen LogP contribution is 2.46. The fraction of sp³-hybridized carbons (Fsp3) is 0.312. The Hall–Kier alpha value is -3.53. The second-order valence-corrected chi connectivity index (χ2v) is 13.7. The number of hydrogen-bond acceptors (Lipinski definition) is 4. The first kappa shape index (κ1) is 29.9. The van der Waals surface area contributed by atoms with E-state index in [1.165, 1.54) is 24.3 Å². The molecule has 3 aromatic carbocycles. The lowest BCUT2D eigenvalue weighted by Gasteiger charge is -2.26. The molecule has 10 heteroatoms. The molecule has 5 rings (SSSR count). The number of hydrogen-bond donors (Lipinski definition) is 1. The maximum absolute atomic E-state index is 13.9. The van der Waals surface area contributed by atoms with Crippen molar-refractivity contribution in [3.8, 4) is 0 Å². The number of imidazole rings is 1. The number of fused-ring (bicyclic) bond motifs is 1. The number of halogens is 2. The van der Waals surface area contributed by atoms with Gasteiger partial charge < -0.3 is 9.47 Å². The van der Waals surface area contributed by atoms with Crippen LogP contribution in [-0.4, -0.2) is 23.9 Å². The minimum absolute atomic E-state index is 0.0961. The molecule has 1 amide bonds. The van der Waals surface area contributed by atoms with Gasteiger partial charge in [-0.25, -0.2) is 22.5 Å². The maximum Gasteiger partial charge on any atom is 0.241 e. The monoisotopic (exact) mass is 608 g/mol. The highest BCUT2D eigenvalue weighted by molar-refractivity contribution is 7.89. The van der Waals surface area contributed by atoms with Gasteiger partial charge in [-0.3, -0.25) is 4.79 Å². The Bertz CT molecular complexity index is 1720. The second kappa shape index (κ2) is 11.6. The van der Waals surface area contributed by atoms with E-state index in [-0.39, 0.29) is 40.9 Å². The quantitative estimate of drug-likeness (QED) is 0.231. The summed E-state index contributed by atoms with van der Waals surface area (Å²) < 4.78 is 44.9. The molecular weight excluding hydrogens is 575 g/mol. The van der Waals surface area contributed by atoms with E-state index >= 15 is 0 Å². The van der Waals surface area contributed by atoms with Gasteiger partial charge >= 0.3 is 0 Å². The van der Waals surface area contributed by atoms with Crippen LogP contribution in [0.5, 0.6) is 0 Å². The van der Waals surface area contributed by atoms with Gasteiger partial charge in [-0.1, -0.05) is 56.6 Å². The van der Waals surface area contributed by atoms with Gasteiger partial charge in [0.25, 0.3) is 0 Å². The third kappa shape index (κ3) is 6.28. The van der Waals surface area contributed by atoms with Crippen molar-refractivity contribution in [3.05, 3.63) is 112 Å². The molecule has 2 atom stereocenters. The van der Waals surface area contributed by atoms with E-state index in [2.05, 4.69) is 23.6 Å². The number of aryl methyl sites for hydroxylation is 1. The molecule has 0 spiro atoms. The van der Waals surface area contributed by atoms with Gasteiger partial charge in [0.05, 0.1) is 11.4 Å². The normalized spacial score (nSPS) is 16.7. The van der Waals surface area contributed by atoms with Crippen LogP contribution in [0.3, 0.4) is 0 Å². The zero-order valence-electron chi connectivity index (χ0n) is 24.0. The summed E-state index contributed by atoms with van der Waals surface area (Å²) in [6, 6.07) is 17.7. The van der Waals surface area contributed by atoms with Gasteiger partial charge in [-0.15, -0.1) is 0 Å². The standard InChI is InChI=1S/C32H34ClFN4O3S/c1-21(22-8-10-24(34)11-9-22)16-31(39)38(20-30-35-14-15-37(30)4)25-12-13-28-27(18-25)29(19-32(28,2)3)36-42(40,41)26-7-5-6-23(33)17-26/h5-15,17-18,21,29,36H,16,19-20H2,1-4H3/t21-,29-/m0/s1. The summed E-state index contributed by atoms with van der Waals surface area (Å²) in [4.78, 5) is 20.1. The smallest absolute Gasteiger partial charge is 0.241 e. The summed E-state index contributed by atoms with van der Waals surface area (Å²) >= 11 is 6.08. The fourth-order valence-electron chi connectivity index (χ4n) is 5.64. The minimum Gasteiger partial charge on any atom is -0.337 e. The Labute approximate surface area is 251 Å². The maximum atomic E-state index is 13.9. The Morgan fingerprint density at radius 3 is 2.57 bits per heavy atom. The topological polar surface area (TPSA) is 84.3 Å². The van der Waals surface area contributed by atoms with Crippen molar-refractivity contribution in [2.75, 3.05) is 4.90 Å². The number of carbonyl (C=O) groups is 1. The molecule has 0 saturated carbocycles. The summed E-state index contributed by atoms with van der Waals surface area (Å²) in [5, 5.41) is 0.339. The number of nitrogens with one attached hydrogen (secondary N) is 1. The van der Waals surface area contributed by atoms with E-state index in [1.807, 2.05) is 42.9 Å². The molecule has 1 aromatic heterocycles. The fourth-order valence-corrected chi connectivity index (χ4v) is 7.16. The Morgan fingerprint density at radius 1 is 1.17 bits per heavy atom. The van der Waals surface area contributed by atoms with E-state index in [0.717, 1.165) is 16.7 Å². The van der Waals surface area contributed by atoms with Crippen molar-refractivity contribution in [1.82, 2.24) is 14.3 Å². The van der Waals surface area contributed by atoms with Crippen LogP contribution in [0.4, 0.5) is 10.1 Å². The van der Waals surface area contributed by atoms with Gasteiger partial charge in [-0.2, -0.15) is 0 Å². The van der Waals surface area contributed by atoms with Gasteiger partial charge in [0.15, 0.2) is 0 Å². The number of carbonyl (C=O) groups excluding carboxylic acids is 1. The molecule has 0 aliphatic heterocycles. The first-order chi connectivity index (χ1) is 19.8. The molecule has 0 unspecified atom stereocenters. The van der Waals surface area contributed by atoms with Crippen LogP contribution in [0, 0.1) is 5.82 Å². The average molecular weight is 609 g/mol.